The van der Waals surface area contributed by atoms with Gasteiger partial charge in [0.25, 0.3) is 5.89 Å². The lowest BCUT2D eigenvalue weighted by molar-refractivity contribution is -0.130. The normalized spacial score (nSPS) is 15.9. The van der Waals surface area contributed by atoms with E-state index in [4.69, 9.17) is 9.05 Å². The topological polar surface area (TPSA) is 111 Å². The van der Waals surface area contributed by atoms with Gasteiger partial charge in [-0.15, -0.1) is 0 Å². The number of hydrogen-bond acceptors (Lipinski definition) is 8. The Labute approximate surface area is 184 Å². The summed E-state index contributed by atoms with van der Waals surface area (Å²) in [5, 5.41) is 8.10. The van der Waals surface area contributed by atoms with Crippen molar-refractivity contribution < 1.29 is 13.8 Å². The number of carbonyl (C=O) groups excluding carboxylic acids is 1. The van der Waals surface area contributed by atoms with E-state index < -0.39 is 0 Å². The van der Waals surface area contributed by atoms with Gasteiger partial charge in [-0.25, -0.2) is 0 Å². The molecule has 0 N–H and O–H groups in total. The molecule has 1 aliphatic rings. The number of hydrogen-bond donors (Lipinski definition) is 0. The van der Waals surface area contributed by atoms with E-state index in [2.05, 4.69) is 25.3 Å². The Hall–Kier alpha value is -3.88. The fraction of sp³-hybridized carbons (Fsp3) is 0.304. The fourth-order valence-corrected chi connectivity index (χ4v) is 3.87. The van der Waals surface area contributed by atoms with E-state index in [0.717, 1.165) is 24.1 Å². The maximum atomic E-state index is 12.7. The number of rotatable bonds is 7. The Morgan fingerprint density at radius 3 is 2.69 bits per heavy atom. The molecule has 1 atom stereocenters. The number of amides is 1. The molecule has 1 aliphatic heterocycles. The Kier molecular flexibility index (Phi) is 5.69. The van der Waals surface area contributed by atoms with Crippen molar-refractivity contribution >= 4 is 5.91 Å². The highest BCUT2D eigenvalue weighted by Crippen LogP contribution is 2.23. The molecule has 0 bridgehead atoms. The molecule has 1 aromatic carbocycles. The highest BCUT2D eigenvalue weighted by Gasteiger charge is 2.28. The molecule has 5 rings (SSSR count). The summed E-state index contributed by atoms with van der Waals surface area (Å²) in [5.74, 6) is 2.58. The van der Waals surface area contributed by atoms with Crippen LogP contribution in [0.25, 0.3) is 22.8 Å². The smallest absolute Gasteiger partial charge is 0.258 e. The van der Waals surface area contributed by atoms with Crippen molar-refractivity contribution in [1.29, 1.82) is 0 Å². The minimum atomic E-state index is 0.0950. The van der Waals surface area contributed by atoms with Crippen molar-refractivity contribution in [3.05, 3.63) is 66.6 Å². The quantitative estimate of drug-likeness (QED) is 0.439. The molecular weight excluding hydrogens is 408 g/mol. The lowest BCUT2D eigenvalue weighted by Gasteiger charge is -2.15. The van der Waals surface area contributed by atoms with Crippen molar-refractivity contribution in [2.45, 2.75) is 25.7 Å². The van der Waals surface area contributed by atoms with Crippen molar-refractivity contribution in [3.63, 3.8) is 0 Å². The zero-order valence-electron chi connectivity index (χ0n) is 17.4. The zero-order valence-corrected chi connectivity index (χ0v) is 17.4. The van der Waals surface area contributed by atoms with Crippen LogP contribution in [0.4, 0.5) is 0 Å². The predicted molar refractivity (Wildman–Crippen MR) is 114 cm³/mol. The van der Waals surface area contributed by atoms with Gasteiger partial charge in [-0.3, -0.25) is 9.78 Å². The first-order chi connectivity index (χ1) is 15.7. The molecule has 1 saturated heterocycles. The second kappa shape index (κ2) is 9.09. The summed E-state index contributed by atoms with van der Waals surface area (Å²) >= 11 is 0. The van der Waals surface area contributed by atoms with E-state index in [1.807, 2.05) is 47.4 Å². The molecule has 1 amide bonds. The summed E-state index contributed by atoms with van der Waals surface area (Å²) in [6.45, 7) is 1.43. The van der Waals surface area contributed by atoms with E-state index in [0.29, 0.717) is 55.2 Å². The van der Waals surface area contributed by atoms with Crippen molar-refractivity contribution in [2.24, 2.45) is 5.92 Å². The third kappa shape index (κ3) is 4.56. The van der Waals surface area contributed by atoms with Gasteiger partial charge in [-0.1, -0.05) is 40.6 Å². The number of aromatic nitrogens is 5. The van der Waals surface area contributed by atoms with Crippen LogP contribution in [0, 0.1) is 5.92 Å². The van der Waals surface area contributed by atoms with E-state index in [9.17, 15) is 4.79 Å². The van der Waals surface area contributed by atoms with E-state index in [1.54, 1.807) is 12.4 Å². The van der Waals surface area contributed by atoms with Gasteiger partial charge < -0.3 is 13.9 Å². The average molecular weight is 430 g/mol. The third-order valence-electron chi connectivity index (χ3n) is 5.56. The monoisotopic (exact) mass is 430 g/mol. The predicted octanol–water partition coefficient (Wildman–Crippen LogP) is 3.21. The summed E-state index contributed by atoms with van der Waals surface area (Å²) in [6, 6.07) is 13.3. The standard InChI is InChI=1S/C23H22N6O3/c30-21(7-6-20-26-22(28-31-20)17-4-2-1-3-5-17)29-13-10-16(15-29)14-19-25-23(32-27-19)18-8-11-24-12-9-18/h1-5,8-9,11-12,16H,6-7,10,13-15H2. The SMILES string of the molecule is O=C(CCc1nc(-c2ccccc2)no1)N1CCC(Cc2noc(-c3ccncc3)n2)C1. The van der Waals surface area contributed by atoms with E-state index in [-0.39, 0.29) is 5.91 Å². The number of nitrogens with zero attached hydrogens (tertiary/aromatic N) is 6. The molecule has 32 heavy (non-hydrogen) atoms. The van der Waals surface area contributed by atoms with Crippen LogP contribution < -0.4 is 0 Å². The molecule has 0 spiro atoms. The van der Waals surface area contributed by atoms with Gasteiger partial charge in [0.2, 0.25) is 17.6 Å². The van der Waals surface area contributed by atoms with Gasteiger partial charge in [0.05, 0.1) is 0 Å². The first-order valence-electron chi connectivity index (χ1n) is 10.6. The largest absolute Gasteiger partial charge is 0.342 e. The van der Waals surface area contributed by atoms with Crippen LogP contribution in [0.5, 0.6) is 0 Å². The number of aryl methyl sites for hydroxylation is 1. The lowest BCUT2D eigenvalue weighted by Crippen LogP contribution is -2.29. The van der Waals surface area contributed by atoms with Crippen molar-refractivity contribution in [1.82, 2.24) is 30.2 Å². The molecule has 0 aliphatic carbocycles. The summed E-state index contributed by atoms with van der Waals surface area (Å²) in [4.78, 5) is 27.4. The first-order valence-corrected chi connectivity index (χ1v) is 10.6. The molecule has 4 aromatic rings. The Bertz CT molecular complexity index is 1170. The molecule has 162 valence electrons. The van der Waals surface area contributed by atoms with E-state index in [1.165, 1.54) is 0 Å². The number of benzene rings is 1. The third-order valence-corrected chi connectivity index (χ3v) is 5.56. The molecule has 0 saturated carbocycles. The van der Waals surface area contributed by atoms with Crippen LogP contribution in [0.2, 0.25) is 0 Å². The zero-order chi connectivity index (χ0) is 21.8. The second-order valence-corrected chi connectivity index (χ2v) is 7.83. The Morgan fingerprint density at radius 1 is 1.00 bits per heavy atom. The van der Waals surface area contributed by atoms with Gasteiger partial charge in [-0.2, -0.15) is 9.97 Å². The van der Waals surface area contributed by atoms with Gasteiger partial charge >= 0.3 is 0 Å². The second-order valence-electron chi connectivity index (χ2n) is 7.83. The minimum Gasteiger partial charge on any atom is -0.342 e. The molecule has 9 nitrogen and oxygen atoms in total. The summed E-state index contributed by atoms with van der Waals surface area (Å²) in [6.07, 6.45) is 5.76. The van der Waals surface area contributed by atoms with Crippen LogP contribution in [0.15, 0.2) is 63.9 Å². The lowest BCUT2D eigenvalue weighted by atomic mass is 10.1. The van der Waals surface area contributed by atoms with Crippen LogP contribution in [-0.4, -0.2) is 49.2 Å². The van der Waals surface area contributed by atoms with Gasteiger partial charge in [0.1, 0.15) is 0 Å². The summed E-state index contributed by atoms with van der Waals surface area (Å²) in [5.41, 5.74) is 1.74. The molecule has 9 heteroatoms. The Balaban J connectivity index is 1.11. The van der Waals surface area contributed by atoms with Gasteiger partial charge in [0, 0.05) is 55.9 Å². The molecule has 1 fully saturated rings. The van der Waals surface area contributed by atoms with Crippen LogP contribution >= 0.6 is 0 Å². The van der Waals surface area contributed by atoms with Crippen molar-refractivity contribution in [2.75, 3.05) is 13.1 Å². The van der Waals surface area contributed by atoms with E-state index >= 15 is 0 Å². The molecule has 3 aromatic heterocycles. The molecular formula is C23H22N6O3. The van der Waals surface area contributed by atoms with Gasteiger partial charge in [-0.05, 0) is 24.5 Å². The van der Waals surface area contributed by atoms with Crippen LogP contribution in [0.3, 0.4) is 0 Å². The highest BCUT2D eigenvalue weighted by atomic mass is 16.5. The fourth-order valence-electron chi connectivity index (χ4n) is 3.87. The van der Waals surface area contributed by atoms with Gasteiger partial charge in [0.15, 0.2) is 5.82 Å². The maximum absolute atomic E-state index is 12.7. The molecule has 4 heterocycles. The minimum absolute atomic E-state index is 0.0950. The maximum Gasteiger partial charge on any atom is 0.258 e. The summed E-state index contributed by atoms with van der Waals surface area (Å²) in [7, 11) is 0. The van der Waals surface area contributed by atoms with Crippen LogP contribution in [0.1, 0.15) is 24.6 Å². The molecule has 0 radical (unpaired) electrons. The number of likely N-dealkylation sites (tertiary alicyclic amines) is 1. The number of carbonyl (C=O) groups is 1. The molecule has 1 unspecified atom stereocenters. The highest BCUT2D eigenvalue weighted by molar-refractivity contribution is 5.76. The first kappa shape index (κ1) is 20.0. The summed E-state index contributed by atoms with van der Waals surface area (Å²) < 4.78 is 10.7. The van der Waals surface area contributed by atoms with Crippen molar-refractivity contribution in [3.8, 4) is 22.8 Å². The average Bonchev–Trinajstić information content (AvgIpc) is 3.60. The Morgan fingerprint density at radius 2 is 1.84 bits per heavy atom. The van der Waals surface area contributed by atoms with Crippen LogP contribution in [-0.2, 0) is 17.6 Å². The number of pyridine rings is 1.